The molecular weight excluding hydrogens is 568 g/mol. The highest BCUT2D eigenvalue weighted by molar-refractivity contribution is 8.02. The maximum Gasteiger partial charge on any atom is 0.416 e. The molecule has 0 bridgehead atoms. The number of benzene rings is 2. The van der Waals surface area contributed by atoms with Gasteiger partial charge in [-0.3, -0.25) is 4.79 Å². The van der Waals surface area contributed by atoms with Crippen LogP contribution in [0.4, 0.5) is 17.6 Å². The number of piperidine rings is 1. The number of alkyl halides is 3. The lowest BCUT2D eigenvalue weighted by atomic mass is 9.66. The second-order valence-electron chi connectivity index (χ2n) is 9.75. The van der Waals surface area contributed by atoms with Crippen molar-refractivity contribution in [2.75, 3.05) is 13.1 Å². The van der Waals surface area contributed by atoms with Crippen molar-refractivity contribution in [1.82, 2.24) is 19.4 Å². The number of hydrogen-bond donors (Lipinski definition) is 2. The number of thiol groups is 1. The molecule has 0 radical (unpaired) electrons. The van der Waals surface area contributed by atoms with E-state index in [4.69, 9.17) is 0 Å². The van der Waals surface area contributed by atoms with Crippen LogP contribution < -0.4 is 5.32 Å². The van der Waals surface area contributed by atoms with Crippen molar-refractivity contribution < 1.29 is 30.8 Å². The van der Waals surface area contributed by atoms with Crippen molar-refractivity contribution in [3.05, 3.63) is 94.5 Å². The zero-order chi connectivity index (χ0) is 28.3. The standard InChI is InChI=1S/C27H22F4N4O3S2/c28-20-3-5-21(6-4-20)35-23-13-19-9-11-34(40(37,38)22-7-1-18(2-8-22)27(29,30)31)16-26(19,14-17(23)15-33-35)24(36)25-32-10-12-39-25/h1-8,10,12-13,15,32,39H,9,11,14,16H2/t26-/m0/s1. The summed E-state index contributed by atoms with van der Waals surface area (Å²) in [6.45, 7) is -0.133. The molecule has 2 aromatic carbocycles. The molecule has 2 aliphatic heterocycles. The van der Waals surface area contributed by atoms with Crippen molar-refractivity contribution in [2.45, 2.75) is 23.9 Å². The molecule has 1 aliphatic carbocycles. The fourth-order valence-electron chi connectivity index (χ4n) is 5.39. The SMILES string of the molecule is O=C(C1=[SH]C=CN1)[C@]12Cc3cnn(-c4ccc(F)cc4)c3C=C1CCN(S(=O)(=O)c1ccc(C(F)(F)F)cc1)C2. The molecular formula is C27H22F4N4O3S2. The largest absolute Gasteiger partial charge is 0.416 e. The van der Waals surface area contributed by atoms with Gasteiger partial charge in [-0.1, -0.05) is 5.57 Å². The maximum absolute atomic E-state index is 14.0. The van der Waals surface area contributed by atoms with Gasteiger partial charge in [0.15, 0.2) is 5.78 Å². The number of hydrogen-bond acceptors (Lipinski definition) is 5. The van der Waals surface area contributed by atoms with Crippen LogP contribution in [0.5, 0.6) is 0 Å². The number of halogens is 4. The molecule has 1 N–H and O–H groups in total. The molecule has 208 valence electrons. The number of fused-ring (bicyclic) bond motifs is 2. The summed E-state index contributed by atoms with van der Waals surface area (Å²) in [5.74, 6) is -0.638. The molecule has 3 aromatic rings. The molecule has 1 fully saturated rings. The Balaban J connectivity index is 1.39. The molecule has 6 rings (SSSR count). The van der Waals surface area contributed by atoms with Crippen molar-refractivity contribution in [2.24, 2.45) is 5.41 Å². The third kappa shape index (κ3) is 4.41. The number of carbonyl (C=O) groups excluding carboxylic acids is 1. The molecule has 3 aliphatic rings. The summed E-state index contributed by atoms with van der Waals surface area (Å²) >= 11 is 0.653. The van der Waals surface area contributed by atoms with E-state index in [1.807, 2.05) is 6.08 Å². The van der Waals surface area contributed by atoms with Crippen LogP contribution in [0, 0.1) is 11.2 Å². The van der Waals surface area contributed by atoms with Crippen LogP contribution in [0.25, 0.3) is 11.8 Å². The normalized spacial score (nSPS) is 21.0. The number of nitrogens with one attached hydrogen (secondary N) is 1. The molecule has 3 heterocycles. The maximum atomic E-state index is 14.0. The van der Waals surface area contributed by atoms with E-state index in [1.54, 1.807) is 34.6 Å². The Morgan fingerprint density at radius 1 is 1.07 bits per heavy atom. The van der Waals surface area contributed by atoms with Crippen LogP contribution in [-0.2, 0) is 27.4 Å². The number of ketones is 1. The van der Waals surface area contributed by atoms with Gasteiger partial charge in [-0.2, -0.15) is 22.6 Å². The van der Waals surface area contributed by atoms with Crippen LogP contribution in [0.1, 0.15) is 23.2 Å². The summed E-state index contributed by atoms with van der Waals surface area (Å²) < 4.78 is 82.7. The first-order valence-corrected chi connectivity index (χ1v) is 14.6. The number of nitrogens with zero attached hydrogens (tertiary/aromatic N) is 3. The van der Waals surface area contributed by atoms with E-state index in [0.29, 0.717) is 22.0 Å². The molecule has 1 aromatic heterocycles. The lowest BCUT2D eigenvalue weighted by Crippen LogP contribution is -2.55. The fourth-order valence-corrected chi connectivity index (χ4v) is 7.67. The highest BCUT2D eigenvalue weighted by atomic mass is 32.2. The molecule has 1 saturated heterocycles. The minimum Gasteiger partial charge on any atom is -0.354 e. The van der Waals surface area contributed by atoms with Gasteiger partial charge in [-0.05, 0) is 78.4 Å². The Hall–Kier alpha value is -3.55. The van der Waals surface area contributed by atoms with Gasteiger partial charge in [-0.25, -0.2) is 17.5 Å². The second kappa shape index (κ2) is 9.53. The third-order valence-electron chi connectivity index (χ3n) is 7.42. The van der Waals surface area contributed by atoms with Gasteiger partial charge < -0.3 is 5.32 Å². The average Bonchev–Trinajstić information content (AvgIpc) is 3.61. The summed E-state index contributed by atoms with van der Waals surface area (Å²) in [4.78, 5) is 14.2. The number of aromatic nitrogens is 2. The first-order valence-electron chi connectivity index (χ1n) is 12.2. The van der Waals surface area contributed by atoms with Crippen molar-refractivity contribution in [1.29, 1.82) is 0 Å². The van der Waals surface area contributed by atoms with E-state index in [9.17, 15) is 30.8 Å². The number of Topliss-reactive ketones (excluding diaryl/α,β-unsaturated/α-hetero) is 1. The van der Waals surface area contributed by atoms with E-state index in [0.717, 1.165) is 41.1 Å². The lowest BCUT2D eigenvalue weighted by molar-refractivity contribution is -0.137. The number of carbonyl (C=O) groups is 1. The van der Waals surface area contributed by atoms with Crippen LogP contribution in [0.15, 0.2) is 76.8 Å². The van der Waals surface area contributed by atoms with Crippen LogP contribution in [0.3, 0.4) is 0 Å². The molecule has 0 saturated carbocycles. The van der Waals surface area contributed by atoms with E-state index in [2.05, 4.69) is 10.4 Å². The van der Waals surface area contributed by atoms with E-state index in [-0.39, 0.29) is 42.4 Å². The minimum atomic E-state index is -4.60. The quantitative estimate of drug-likeness (QED) is 0.263. The van der Waals surface area contributed by atoms with Gasteiger partial charge in [0.1, 0.15) is 10.8 Å². The van der Waals surface area contributed by atoms with Gasteiger partial charge in [0.05, 0.1) is 33.5 Å². The van der Waals surface area contributed by atoms with Crippen LogP contribution in [0.2, 0.25) is 0 Å². The zero-order valence-corrected chi connectivity index (χ0v) is 22.4. The minimum absolute atomic E-state index is 0.0446. The molecule has 13 heteroatoms. The zero-order valence-electron chi connectivity index (χ0n) is 20.7. The predicted molar refractivity (Wildman–Crippen MR) is 144 cm³/mol. The topological polar surface area (TPSA) is 84.3 Å². The Bertz CT molecular complexity index is 1710. The van der Waals surface area contributed by atoms with Crippen molar-refractivity contribution in [3.8, 4) is 5.69 Å². The van der Waals surface area contributed by atoms with Crippen LogP contribution in [-0.4, -0.2) is 46.4 Å². The van der Waals surface area contributed by atoms with Crippen molar-refractivity contribution >= 4 is 38.2 Å². The van der Waals surface area contributed by atoms with Gasteiger partial charge in [0.2, 0.25) is 10.0 Å². The average molecular weight is 591 g/mol. The van der Waals surface area contributed by atoms with E-state index >= 15 is 0 Å². The molecule has 1 atom stereocenters. The summed E-state index contributed by atoms with van der Waals surface area (Å²) in [5, 5.41) is 9.20. The summed E-state index contributed by atoms with van der Waals surface area (Å²) in [7, 11) is -4.21. The van der Waals surface area contributed by atoms with Crippen molar-refractivity contribution in [3.63, 3.8) is 0 Å². The third-order valence-corrected chi connectivity index (χ3v) is 10.2. The Labute approximate surface area is 230 Å². The predicted octanol–water partition coefficient (Wildman–Crippen LogP) is 4.29. The Kier molecular flexibility index (Phi) is 6.35. The Morgan fingerprint density at radius 2 is 1.80 bits per heavy atom. The molecule has 7 nitrogen and oxygen atoms in total. The fraction of sp³-hybridized carbons (Fsp3) is 0.222. The van der Waals surface area contributed by atoms with Gasteiger partial charge in [0.25, 0.3) is 0 Å². The lowest BCUT2D eigenvalue weighted by Gasteiger charge is -2.45. The Morgan fingerprint density at radius 3 is 2.45 bits per heavy atom. The highest BCUT2D eigenvalue weighted by Gasteiger charge is 2.51. The summed E-state index contributed by atoms with van der Waals surface area (Å²) in [6, 6.07) is 9.20. The monoisotopic (exact) mass is 590 g/mol. The van der Waals surface area contributed by atoms with Gasteiger partial charge in [-0.15, -0.1) is 11.4 Å². The van der Waals surface area contributed by atoms with Crippen LogP contribution >= 0.6 is 11.4 Å². The number of sulfonamides is 1. The summed E-state index contributed by atoms with van der Waals surface area (Å²) in [5.41, 5.74) is 0.638. The first-order chi connectivity index (χ1) is 19.0. The molecule has 40 heavy (non-hydrogen) atoms. The smallest absolute Gasteiger partial charge is 0.354 e. The van der Waals surface area contributed by atoms with Gasteiger partial charge >= 0.3 is 6.18 Å². The molecule has 0 amide bonds. The van der Waals surface area contributed by atoms with E-state index < -0.39 is 27.2 Å². The first kappa shape index (κ1) is 26.7. The summed E-state index contributed by atoms with van der Waals surface area (Å²) in [6.07, 6.45) is 0.933. The van der Waals surface area contributed by atoms with Gasteiger partial charge in [0, 0.05) is 19.3 Å². The second-order valence-corrected chi connectivity index (χ2v) is 12.7. The highest BCUT2D eigenvalue weighted by Crippen LogP contribution is 2.46. The molecule has 0 unspecified atom stereocenters. The van der Waals surface area contributed by atoms with E-state index in [1.165, 1.54) is 16.4 Å². The number of rotatable bonds is 5. The molecule has 0 spiro atoms.